The second-order valence-corrected chi connectivity index (χ2v) is 11.8. The molecular formula is C28H32BrN7O3. The van der Waals surface area contributed by atoms with Crippen molar-refractivity contribution in [2.45, 2.75) is 38.1 Å². The Morgan fingerprint density at radius 1 is 1.23 bits per heavy atom. The van der Waals surface area contributed by atoms with Crippen molar-refractivity contribution in [1.29, 1.82) is 0 Å². The first kappa shape index (κ1) is 25.8. The van der Waals surface area contributed by atoms with Gasteiger partial charge in [0.05, 0.1) is 39.6 Å². The van der Waals surface area contributed by atoms with Crippen LogP contribution < -0.4 is 10.5 Å². The molecule has 3 N–H and O–H groups in total. The molecule has 1 aliphatic carbocycles. The smallest absolute Gasteiger partial charge is 0.335 e. The summed E-state index contributed by atoms with van der Waals surface area (Å²) in [6.07, 6.45) is 6.17. The van der Waals surface area contributed by atoms with E-state index in [1.807, 2.05) is 19.2 Å². The summed E-state index contributed by atoms with van der Waals surface area (Å²) in [6.45, 7) is 4.92. The van der Waals surface area contributed by atoms with Gasteiger partial charge in [0.2, 0.25) is 11.8 Å². The predicted octanol–water partition coefficient (Wildman–Crippen LogP) is 4.46. The fourth-order valence-corrected chi connectivity index (χ4v) is 6.76. The molecular weight excluding hydrogens is 562 g/mol. The Bertz CT molecular complexity index is 1550. The molecule has 5 heterocycles. The number of ether oxygens (including phenoxy) is 1. The number of aromatic nitrogens is 5. The SMILES string of the molecule is Cc1cc(C(=O)O)cc(-c2cnn(C)c2OCCN2CC3CCC(n4c(N)nc5ccc(Br)cc54)(CC3)C2)n1. The molecule has 0 spiro atoms. The average Bonchev–Trinajstić information content (AvgIpc) is 3.29. The third kappa shape index (κ3) is 4.78. The van der Waals surface area contributed by atoms with Gasteiger partial charge in [-0.25, -0.2) is 14.5 Å². The molecule has 1 aromatic carbocycles. The van der Waals surface area contributed by atoms with E-state index >= 15 is 0 Å². The van der Waals surface area contributed by atoms with Crippen molar-refractivity contribution in [2.24, 2.45) is 13.0 Å². The number of hydrogen-bond acceptors (Lipinski definition) is 7. The van der Waals surface area contributed by atoms with E-state index in [0.29, 0.717) is 41.3 Å². The van der Waals surface area contributed by atoms with Gasteiger partial charge in [-0.15, -0.1) is 0 Å². The second kappa shape index (κ2) is 9.95. The molecule has 3 aliphatic rings. The van der Waals surface area contributed by atoms with Gasteiger partial charge in [-0.1, -0.05) is 15.9 Å². The normalized spacial score (nSPS) is 21.4. The van der Waals surface area contributed by atoms with E-state index in [-0.39, 0.29) is 11.1 Å². The molecule has 3 aromatic heterocycles. The number of anilines is 1. The first-order valence-electron chi connectivity index (χ1n) is 13.3. The lowest BCUT2D eigenvalue weighted by molar-refractivity contribution is 0.0696. The number of pyridine rings is 1. The maximum Gasteiger partial charge on any atom is 0.335 e. The van der Waals surface area contributed by atoms with Crippen molar-refractivity contribution in [3.63, 3.8) is 0 Å². The third-order valence-corrected chi connectivity index (χ3v) is 8.69. The van der Waals surface area contributed by atoms with Gasteiger partial charge >= 0.3 is 5.97 Å². The molecule has 2 aliphatic heterocycles. The minimum absolute atomic E-state index is 0.108. The average molecular weight is 595 g/mol. The molecule has 0 radical (unpaired) electrons. The van der Waals surface area contributed by atoms with E-state index in [4.69, 9.17) is 10.5 Å². The summed E-state index contributed by atoms with van der Waals surface area (Å²) < 4.78 is 11.3. The molecule has 2 saturated heterocycles. The topological polar surface area (TPSA) is 124 Å². The lowest BCUT2D eigenvalue weighted by atomic mass is 9.78. The zero-order valence-corrected chi connectivity index (χ0v) is 23.7. The summed E-state index contributed by atoms with van der Waals surface area (Å²) in [5.41, 5.74) is 10.5. The van der Waals surface area contributed by atoms with Crippen molar-refractivity contribution >= 4 is 38.9 Å². The number of aromatic carboxylic acids is 1. The summed E-state index contributed by atoms with van der Waals surface area (Å²) in [5, 5.41) is 13.9. The number of imidazole rings is 1. The number of carboxylic acid groups (broad SMARTS) is 1. The van der Waals surface area contributed by atoms with Crippen LogP contribution in [0.5, 0.6) is 5.88 Å². The maximum atomic E-state index is 11.6. The zero-order valence-electron chi connectivity index (χ0n) is 22.1. The Labute approximate surface area is 234 Å². The Morgan fingerprint density at radius 2 is 2.03 bits per heavy atom. The Kier molecular flexibility index (Phi) is 6.58. The summed E-state index contributed by atoms with van der Waals surface area (Å²) in [5.74, 6) is 0.815. The minimum atomic E-state index is -0.989. The number of halogens is 1. The van der Waals surface area contributed by atoms with E-state index in [1.165, 1.54) is 12.8 Å². The van der Waals surface area contributed by atoms with Gasteiger partial charge in [-0.05, 0) is 68.9 Å². The van der Waals surface area contributed by atoms with Crippen molar-refractivity contribution in [3.8, 4) is 17.1 Å². The second-order valence-electron chi connectivity index (χ2n) is 10.9. The number of carboxylic acids is 1. The van der Waals surface area contributed by atoms with Crippen LogP contribution in [0.25, 0.3) is 22.3 Å². The Morgan fingerprint density at radius 3 is 2.79 bits per heavy atom. The van der Waals surface area contributed by atoms with Gasteiger partial charge in [-0.3, -0.25) is 9.88 Å². The summed E-state index contributed by atoms with van der Waals surface area (Å²) in [7, 11) is 1.82. The molecule has 0 atom stereocenters. The van der Waals surface area contributed by atoms with Gasteiger partial charge in [0.15, 0.2) is 0 Å². The van der Waals surface area contributed by atoms with E-state index in [0.717, 1.165) is 48.0 Å². The molecule has 10 nitrogen and oxygen atoms in total. The molecule has 3 fully saturated rings. The van der Waals surface area contributed by atoms with E-state index in [1.54, 1.807) is 29.9 Å². The van der Waals surface area contributed by atoms with Crippen molar-refractivity contribution in [2.75, 3.05) is 32.0 Å². The van der Waals surface area contributed by atoms with Gasteiger partial charge in [0, 0.05) is 36.8 Å². The number of benzene rings is 1. The third-order valence-electron chi connectivity index (χ3n) is 8.19. The van der Waals surface area contributed by atoms with Crippen LogP contribution >= 0.6 is 15.9 Å². The van der Waals surface area contributed by atoms with Crippen LogP contribution in [0.3, 0.4) is 0 Å². The largest absolute Gasteiger partial charge is 0.478 e. The lowest BCUT2D eigenvalue weighted by Gasteiger charge is -2.40. The number of aryl methyl sites for hydroxylation is 2. The van der Waals surface area contributed by atoms with Crippen LogP contribution in [-0.4, -0.2) is 66.5 Å². The molecule has 7 rings (SSSR count). The molecule has 0 unspecified atom stereocenters. The van der Waals surface area contributed by atoms with Crippen molar-refractivity contribution in [3.05, 3.63) is 52.3 Å². The number of fused-ring (bicyclic) bond motifs is 5. The van der Waals surface area contributed by atoms with Crippen LogP contribution in [0.15, 0.2) is 41.0 Å². The van der Waals surface area contributed by atoms with Crippen molar-refractivity contribution in [1.82, 2.24) is 29.2 Å². The fraction of sp³-hybridized carbons (Fsp3) is 0.429. The van der Waals surface area contributed by atoms with Crippen LogP contribution in [0.2, 0.25) is 0 Å². The fourth-order valence-electron chi connectivity index (χ4n) is 6.41. The highest BCUT2D eigenvalue weighted by molar-refractivity contribution is 9.10. The summed E-state index contributed by atoms with van der Waals surface area (Å²) in [6, 6.07) is 9.27. The first-order chi connectivity index (χ1) is 18.7. The summed E-state index contributed by atoms with van der Waals surface area (Å²) >= 11 is 3.62. The van der Waals surface area contributed by atoms with Gasteiger partial charge in [-0.2, -0.15) is 5.10 Å². The maximum absolute atomic E-state index is 11.6. The number of nitrogens with two attached hydrogens (primary N) is 1. The number of nitrogens with zero attached hydrogens (tertiary/aromatic N) is 6. The number of nitrogen functional groups attached to an aromatic ring is 1. The Hall–Kier alpha value is -3.44. The molecule has 11 heteroatoms. The predicted molar refractivity (Wildman–Crippen MR) is 152 cm³/mol. The molecule has 2 bridgehead atoms. The number of carbonyl (C=O) groups is 1. The molecule has 0 amide bonds. The standard InChI is InChI=1S/C28H32BrN7O3/c1-17-11-19(26(37)38)12-23(32-17)21-14-31-34(2)25(21)39-10-9-35-15-18-5-7-28(16-35,8-6-18)36-24-13-20(29)3-4-22(24)33-27(36)30/h3-4,11-14,18H,5-10,15-16H2,1-2H3,(H2,30,33)(H,37,38). The molecule has 39 heavy (non-hydrogen) atoms. The summed E-state index contributed by atoms with van der Waals surface area (Å²) in [4.78, 5) is 23.3. The van der Waals surface area contributed by atoms with Gasteiger partial charge in [0.1, 0.15) is 6.61 Å². The van der Waals surface area contributed by atoms with Crippen LogP contribution in [0, 0.1) is 12.8 Å². The van der Waals surface area contributed by atoms with Gasteiger partial charge < -0.3 is 20.1 Å². The van der Waals surface area contributed by atoms with E-state index < -0.39 is 5.97 Å². The van der Waals surface area contributed by atoms with E-state index in [9.17, 15) is 9.90 Å². The quantitative estimate of drug-likeness (QED) is 0.322. The highest BCUT2D eigenvalue weighted by Crippen LogP contribution is 2.45. The molecule has 4 aromatic rings. The highest BCUT2D eigenvalue weighted by atomic mass is 79.9. The Balaban J connectivity index is 1.23. The van der Waals surface area contributed by atoms with E-state index in [2.05, 4.69) is 46.5 Å². The lowest BCUT2D eigenvalue weighted by Crippen LogP contribution is -2.44. The van der Waals surface area contributed by atoms with Crippen molar-refractivity contribution < 1.29 is 14.6 Å². The van der Waals surface area contributed by atoms with Crippen LogP contribution in [0.1, 0.15) is 41.7 Å². The van der Waals surface area contributed by atoms with Gasteiger partial charge in [0.25, 0.3) is 0 Å². The van der Waals surface area contributed by atoms with Crippen LogP contribution in [0.4, 0.5) is 5.95 Å². The molecule has 204 valence electrons. The first-order valence-corrected chi connectivity index (χ1v) is 14.1. The highest BCUT2D eigenvalue weighted by Gasteiger charge is 2.44. The number of rotatable bonds is 7. The minimum Gasteiger partial charge on any atom is -0.478 e. The molecule has 1 saturated carbocycles. The zero-order chi connectivity index (χ0) is 27.3. The monoisotopic (exact) mass is 593 g/mol. The van der Waals surface area contributed by atoms with Crippen LogP contribution in [-0.2, 0) is 12.6 Å². The number of hydrogen-bond donors (Lipinski definition) is 2.